The summed E-state index contributed by atoms with van der Waals surface area (Å²) in [5.74, 6) is 1.44. The smallest absolute Gasteiger partial charge is 0.217 e. The van der Waals surface area contributed by atoms with Gasteiger partial charge in [-0.25, -0.2) is 4.39 Å². The molecule has 4 rings (SSSR count). The van der Waals surface area contributed by atoms with Crippen LogP contribution in [-0.4, -0.2) is 24.0 Å². The summed E-state index contributed by atoms with van der Waals surface area (Å²) in [6.45, 7) is 4.64. The number of fused-ring (bicyclic) bond motifs is 1. The van der Waals surface area contributed by atoms with Gasteiger partial charge in [-0.3, -0.25) is 9.69 Å². The number of alkyl halides is 1. The molecular formula is C23H27FN2O2. The standard InChI is InChI=1S/C23H27FN2O2/c1-16(27)25-11-17-2-4-18(5-3-17)12-26-13-20-8-9-21(28-15-19-6-7-19)10-22(20)23(24)14-26/h2-5,8-10,19,23H,6-7,11-15H2,1H3,(H,25,27). The van der Waals surface area contributed by atoms with E-state index in [4.69, 9.17) is 4.74 Å². The number of carbonyl (C=O) groups excluding carboxylic acids is 1. The Morgan fingerprint density at radius 1 is 1.18 bits per heavy atom. The van der Waals surface area contributed by atoms with E-state index in [1.54, 1.807) is 0 Å². The molecule has 148 valence electrons. The minimum absolute atomic E-state index is 0.0360. The van der Waals surface area contributed by atoms with Crippen LogP contribution in [0, 0.1) is 5.92 Å². The Bertz CT molecular complexity index is 833. The summed E-state index contributed by atoms with van der Waals surface area (Å²) in [4.78, 5) is 13.1. The molecule has 1 aliphatic carbocycles. The SMILES string of the molecule is CC(=O)NCc1ccc(CN2Cc3ccc(OCC4CC4)cc3C(F)C2)cc1. The molecule has 0 radical (unpaired) electrons. The number of hydrogen-bond donors (Lipinski definition) is 1. The van der Waals surface area contributed by atoms with Crippen LogP contribution < -0.4 is 10.1 Å². The van der Waals surface area contributed by atoms with Crippen LogP contribution in [0.1, 0.15) is 48.2 Å². The Morgan fingerprint density at radius 3 is 2.64 bits per heavy atom. The van der Waals surface area contributed by atoms with Gasteiger partial charge in [-0.2, -0.15) is 0 Å². The number of halogens is 1. The van der Waals surface area contributed by atoms with Gasteiger partial charge in [0, 0.05) is 33.1 Å². The van der Waals surface area contributed by atoms with Crippen LogP contribution in [0.15, 0.2) is 42.5 Å². The minimum Gasteiger partial charge on any atom is -0.493 e. The second kappa shape index (κ2) is 8.31. The van der Waals surface area contributed by atoms with Crippen LogP contribution in [0.5, 0.6) is 5.75 Å². The zero-order valence-electron chi connectivity index (χ0n) is 16.3. The summed E-state index contributed by atoms with van der Waals surface area (Å²) in [6.07, 6.45) is 1.51. The topological polar surface area (TPSA) is 41.6 Å². The molecule has 1 unspecified atom stereocenters. The molecule has 0 bridgehead atoms. The molecule has 1 N–H and O–H groups in total. The van der Waals surface area contributed by atoms with Crippen LogP contribution in [0.2, 0.25) is 0 Å². The highest BCUT2D eigenvalue weighted by Crippen LogP contribution is 2.34. The van der Waals surface area contributed by atoms with E-state index in [2.05, 4.69) is 22.3 Å². The molecule has 0 saturated heterocycles. The van der Waals surface area contributed by atoms with Gasteiger partial charge in [-0.05, 0) is 53.1 Å². The zero-order valence-corrected chi connectivity index (χ0v) is 16.3. The van der Waals surface area contributed by atoms with E-state index in [1.807, 2.05) is 30.3 Å². The van der Waals surface area contributed by atoms with E-state index >= 15 is 0 Å². The van der Waals surface area contributed by atoms with E-state index in [-0.39, 0.29) is 5.91 Å². The maximum absolute atomic E-state index is 14.8. The fourth-order valence-electron chi connectivity index (χ4n) is 3.60. The number of carbonyl (C=O) groups is 1. The number of rotatable bonds is 7. The Labute approximate surface area is 165 Å². The van der Waals surface area contributed by atoms with Crippen molar-refractivity contribution in [3.63, 3.8) is 0 Å². The summed E-state index contributed by atoms with van der Waals surface area (Å²) in [7, 11) is 0. The lowest BCUT2D eigenvalue weighted by atomic mass is 9.97. The summed E-state index contributed by atoms with van der Waals surface area (Å²) < 4.78 is 20.6. The predicted molar refractivity (Wildman–Crippen MR) is 107 cm³/mol. The van der Waals surface area contributed by atoms with Crippen LogP contribution in [0.25, 0.3) is 0 Å². The summed E-state index contributed by atoms with van der Waals surface area (Å²) in [5, 5.41) is 2.79. The number of ether oxygens (including phenoxy) is 1. The Morgan fingerprint density at radius 2 is 1.93 bits per heavy atom. The summed E-state index contributed by atoms with van der Waals surface area (Å²) in [6, 6.07) is 14.0. The predicted octanol–water partition coefficient (Wildman–Crippen LogP) is 4.14. The maximum Gasteiger partial charge on any atom is 0.217 e. The van der Waals surface area contributed by atoms with E-state index in [0.29, 0.717) is 25.6 Å². The number of amides is 1. The van der Waals surface area contributed by atoms with Crippen molar-refractivity contribution in [3.05, 3.63) is 64.7 Å². The van der Waals surface area contributed by atoms with Gasteiger partial charge >= 0.3 is 0 Å². The normalized spacial score (nSPS) is 19.1. The molecule has 0 aromatic heterocycles. The molecule has 2 aliphatic rings. The van der Waals surface area contributed by atoms with Crippen molar-refractivity contribution in [2.24, 2.45) is 5.92 Å². The second-order valence-corrected chi connectivity index (χ2v) is 7.98. The molecular weight excluding hydrogens is 355 g/mol. The third-order valence-electron chi connectivity index (χ3n) is 5.42. The molecule has 1 amide bonds. The highest BCUT2D eigenvalue weighted by atomic mass is 19.1. The first-order chi connectivity index (χ1) is 13.6. The first-order valence-electron chi connectivity index (χ1n) is 10.0. The van der Waals surface area contributed by atoms with Gasteiger partial charge in [-0.15, -0.1) is 0 Å². The van der Waals surface area contributed by atoms with Crippen LogP contribution in [-0.2, 0) is 24.4 Å². The van der Waals surface area contributed by atoms with Crippen molar-refractivity contribution in [2.45, 2.75) is 45.6 Å². The van der Waals surface area contributed by atoms with Crippen LogP contribution >= 0.6 is 0 Å². The summed E-state index contributed by atoms with van der Waals surface area (Å²) in [5.41, 5.74) is 4.02. The monoisotopic (exact) mass is 382 g/mol. The molecule has 0 spiro atoms. The molecule has 2 aromatic rings. The molecule has 2 aromatic carbocycles. The summed E-state index contributed by atoms with van der Waals surface area (Å²) >= 11 is 0. The van der Waals surface area contributed by atoms with E-state index < -0.39 is 6.17 Å². The van der Waals surface area contributed by atoms with Gasteiger partial charge in [0.25, 0.3) is 0 Å². The van der Waals surface area contributed by atoms with E-state index in [1.165, 1.54) is 19.8 Å². The largest absolute Gasteiger partial charge is 0.493 e. The second-order valence-electron chi connectivity index (χ2n) is 7.98. The van der Waals surface area contributed by atoms with Gasteiger partial charge in [-0.1, -0.05) is 30.3 Å². The Kier molecular flexibility index (Phi) is 5.62. The van der Waals surface area contributed by atoms with Crippen molar-refractivity contribution in [1.29, 1.82) is 0 Å². The fourth-order valence-corrected chi connectivity index (χ4v) is 3.60. The average molecular weight is 382 g/mol. The molecule has 1 saturated carbocycles. The third kappa shape index (κ3) is 4.90. The lowest BCUT2D eigenvalue weighted by molar-refractivity contribution is -0.119. The van der Waals surface area contributed by atoms with Crippen molar-refractivity contribution < 1.29 is 13.9 Å². The van der Waals surface area contributed by atoms with Crippen molar-refractivity contribution >= 4 is 5.91 Å². The van der Waals surface area contributed by atoms with E-state index in [0.717, 1.165) is 41.2 Å². The fraction of sp³-hybridized carbons (Fsp3) is 0.435. The first kappa shape index (κ1) is 18.9. The number of nitrogens with one attached hydrogen (secondary N) is 1. The average Bonchev–Trinajstić information content (AvgIpc) is 3.50. The molecule has 1 atom stereocenters. The van der Waals surface area contributed by atoms with Crippen molar-refractivity contribution in [3.8, 4) is 5.75 Å². The van der Waals surface area contributed by atoms with Crippen LogP contribution in [0.4, 0.5) is 4.39 Å². The first-order valence-corrected chi connectivity index (χ1v) is 10.0. The number of nitrogens with zero attached hydrogens (tertiary/aromatic N) is 1. The van der Waals surface area contributed by atoms with Gasteiger partial charge in [0.1, 0.15) is 11.9 Å². The van der Waals surface area contributed by atoms with Crippen molar-refractivity contribution in [1.82, 2.24) is 10.2 Å². The minimum atomic E-state index is -0.993. The third-order valence-corrected chi connectivity index (χ3v) is 5.42. The molecule has 5 heteroatoms. The molecule has 1 fully saturated rings. The highest BCUT2D eigenvalue weighted by Gasteiger charge is 2.26. The molecule has 1 aliphatic heterocycles. The lowest BCUT2D eigenvalue weighted by Crippen LogP contribution is -2.31. The quantitative estimate of drug-likeness (QED) is 0.783. The number of benzene rings is 2. The van der Waals surface area contributed by atoms with Gasteiger partial charge in [0.05, 0.1) is 6.61 Å². The Hall–Kier alpha value is -2.40. The zero-order chi connectivity index (χ0) is 19.5. The Balaban J connectivity index is 1.36. The van der Waals surface area contributed by atoms with Crippen LogP contribution in [0.3, 0.4) is 0 Å². The maximum atomic E-state index is 14.8. The number of hydrogen-bond acceptors (Lipinski definition) is 3. The van der Waals surface area contributed by atoms with E-state index in [9.17, 15) is 9.18 Å². The lowest BCUT2D eigenvalue weighted by Gasteiger charge is -2.31. The molecule has 1 heterocycles. The molecule has 28 heavy (non-hydrogen) atoms. The highest BCUT2D eigenvalue weighted by molar-refractivity contribution is 5.72. The molecule has 4 nitrogen and oxygen atoms in total. The van der Waals surface area contributed by atoms with Gasteiger partial charge in [0.15, 0.2) is 0 Å². The van der Waals surface area contributed by atoms with Crippen molar-refractivity contribution in [2.75, 3.05) is 13.2 Å². The van der Waals surface area contributed by atoms with Gasteiger partial charge in [0.2, 0.25) is 5.91 Å². The van der Waals surface area contributed by atoms with Gasteiger partial charge < -0.3 is 10.1 Å².